The van der Waals surface area contributed by atoms with E-state index in [1.54, 1.807) is 19.1 Å². The van der Waals surface area contributed by atoms with E-state index in [4.69, 9.17) is 14.2 Å². The van der Waals surface area contributed by atoms with E-state index in [1.165, 1.54) is 0 Å². The van der Waals surface area contributed by atoms with Crippen LogP contribution in [0.25, 0.3) is 0 Å². The van der Waals surface area contributed by atoms with Crippen molar-refractivity contribution in [2.75, 3.05) is 34.0 Å². The van der Waals surface area contributed by atoms with Gasteiger partial charge >= 0.3 is 6.18 Å². The Hall–Kier alpha value is -1.75. The van der Waals surface area contributed by atoms with E-state index in [2.05, 4.69) is 10.3 Å². The molecule has 0 aromatic carbocycles. The Morgan fingerprint density at radius 1 is 1.26 bits per heavy atom. The summed E-state index contributed by atoms with van der Waals surface area (Å²) in [5.74, 6) is 0.226. The average molecular weight is 498 g/mol. The molecule has 1 amide bonds. The summed E-state index contributed by atoms with van der Waals surface area (Å²) in [6.07, 6.45) is 0.824. The molecule has 194 valence electrons. The van der Waals surface area contributed by atoms with Crippen LogP contribution in [0, 0.1) is 11.3 Å². The molecule has 1 N–H and O–H groups in total. The zero-order valence-corrected chi connectivity index (χ0v) is 20.3. The van der Waals surface area contributed by atoms with Gasteiger partial charge in [-0.2, -0.15) is 13.2 Å². The van der Waals surface area contributed by atoms with Gasteiger partial charge in [-0.25, -0.2) is 0 Å². The van der Waals surface area contributed by atoms with Gasteiger partial charge < -0.3 is 24.4 Å². The minimum atomic E-state index is -4.45. The number of hydrogen-bond donors (Lipinski definition) is 1. The molecule has 2 aliphatic carbocycles. The lowest BCUT2D eigenvalue weighted by molar-refractivity contribution is -0.145. The van der Waals surface area contributed by atoms with Gasteiger partial charge in [-0.05, 0) is 49.7 Å². The molecule has 2 saturated carbocycles. The van der Waals surface area contributed by atoms with E-state index in [-0.39, 0.29) is 42.7 Å². The minimum absolute atomic E-state index is 0.0171. The van der Waals surface area contributed by atoms with E-state index >= 15 is 0 Å². The van der Waals surface area contributed by atoms with E-state index in [9.17, 15) is 18.0 Å². The standard InChI is InChI=1S/C25H34F3N3O4/c1-33-19-9-16-8-18(30-21-4-6-35-14-22(21)34-2)10-24(16,11-19)23(32)31-5-3-20-15(13-31)7-17(12-29-20)25(26,27)28/h7,12,16,18-19,21-22,30H,3-6,8-11,13-14H2,1-2H3/t16-,18+,19+,21?,22?,24-/m0/s1. The first kappa shape index (κ1) is 24.9. The summed E-state index contributed by atoms with van der Waals surface area (Å²) in [4.78, 5) is 19.9. The van der Waals surface area contributed by atoms with Crippen LogP contribution in [0.3, 0.4) is 0 Å². The second-order valence-electron chi connectivity index (χ2n) is 10.5. The van der Waals surface area contributed by atoms with Crippen molar-refractivity contribution in [2.24, 2.45) is 11.3 Å². The zero-order chi connectivity index (χ0) is 24.8. The van der Waals surface area contributed by atoms with Gasteiger partial charge in [0.25, 0.3) is 0 Å². The summed E-state index contributed by atoms with van der Waals surface area (Å²) in [5, 5.41) is 3.75. The first-order chi connectivity index (χ1) is 16.7. The summed E-state index contributed by atoms with van der Waals surface area (Å²) < 4.78 is 56.6. The number of fused-ring (bicyclic) bond motifs is 2. The predicted molar refractivity (Wildman–Crippen MR) is 120 cm³/mol. The number of nitrogens with one attached hydrogen (secondary N) is 1. The molecular weight excluding hydrogens is 463 g/mol. The Balaban J connectivity index is 1.34. The SMILES string of the molecule is COC1COCCC1N[C@@H]1C[C@H]2C[C@@H](OC)C[C@@]2(C(=O)N2CCc3ncc(C(F)(F)F)cc3C2)C1. The van der Waals surface area contributed by atoms with E-state index in [1.807, 2.05) is 0 Å². The van der Waals surface area contributed by atoms with Crippen molar-refractivity contribution in [3.63, 3.8) is 0 Å². The number of halogens is 3. The van der Waals surface area contributed by atoms with Crippen LogP contribution >= 0.6 is 0 Å². The lowest BCUT2D eigenvalue weighted by Gasteiger charge is -2.38. The number of pyridine rings is 1. The number of ether oxygens (including phenoxy) is 3. The number of amides is 1. The quantitative estimate of drug-likeness (QED) is 0.675. The van der Waals surface area contributed by atoms with Crippen LogP contribution in [0.4, 0.5) is 13.2 Å². The number of methoxy groups -OCH3 is 2. The number of aromatic nitrogens is 1. The zero-order valence-electron chi connectivity index (χ0n) is 20.3. The second kappa shape index (κ2) is 9.61. The molecule has 5 rings (SSSR count). The lowest BCUT2D eigenvalue weighted by atomic mass is 9.78. The van der Waals surface area contributed by atoms with Gasteiger partial charge in [-0.1, -0.05) is 0 Å². The molecule has 1 saturated heterocycles. The first-order valence-corrected chi connectivity index (χ1v) is 12.5. The van der Waals surface area contributed by atoms with Gasteiger partial charge in [0.2, 0.25) is 5.91 Å². The average Bonchev–Trinajstić information content (AvgIpc) is 3.37. The normalized spacial score (nSPS) is 35.1. The van der Waals surface area contributed by atoms with Crippen LogP contribution in [-0.4, -0.2) is 74.1 Å². The van der Waals surface area contributed by atoms with Crippen molar-refractivity contribution in [1.82, 2.24) is 15.2 Å². The highest BCUT2D eigenvalue weighted by Crippen LogP contribution is 2.56. The second-order valence-corrected chi connectivity index (χ2v) is 10.5. The smallest absolute Gasteiger partial charge is 0.381 e. The molecule has 7 nitrogen and oxygen atoms in total. The van der Waals surface area contributed by atoms with Crippen molar-refractivity contribution < 1.29 is 32.2 Å². The third-order valence-corrected chi connectivity index (χ3v) is 8.57. The summed E-state index contributed by atoms with van der Waals surface area (Å²) in [6, 6.07) is 1.51. The van der Waals surface area contributed by atoms with Crippen molar-refractivity contribution in [1.29, 1.82) is 0 Å². The summed E-state index contributed by atoms with van der Waals surface area (Å²) >= 11 is 0. The molecule has 35 heavy (non-hydrogen) atoms. The monoisotopic (exact) mass is 497 g/mol. The fourth-order valence-corrected chi connectivity index (χ4v) is 6.80. The molecule has 10 heteroatoms. The Kier molecular flexibility index (Phi) is 6.84. The molecular formula is C25H34F3N3O4. The maximum atomic E-state index is 14.1. The molecule has 0 radical (unpaired) electrons. The van der Waals surface area contributed by atoms with Crippen LogP contribution in [0.15, 0.2) is 12.3 Å². The Labute approximate surface area is 203 Å². The highest BCUT2D eigenvalue weighted by molar-refractivity contribution is 5.84. The van der Waals surface area contributed by atoms with Crippen molar-refractivity contribution in [3.8, 4) is 0 Å². The molecule has 0 spiro atoms. The molecule has 2 unspecified atom stereocenters. The Morgan fingerprint density at radius 2 is 2.09 bits per heavy atom. The number of rotatable bonds is 5. The summed E-state index contributed by atoms with van der Waals surface area (Å²) in [6.45, 7) is 1.88. The maximum Gasteiger partial charge on any atom is 0.417 e. The third kappa shape index (κ3) is 4.70. The predicted octanol–water partition coefficient (Wildman–Crippen LogP) is 2.95. The van der Waals surface area contributed by atoms with Crippen LogP contribution in [0.5, 0.6) is 0 Å². The highest BCUT2D eigenvalue weighted by Gasteiger charge is 2.59. The fourth-order valence-electron chi connectivity index (χ4n) is 6.80. The number of nitrogens with zero attached hydrogens (tertiary/aromatic N) is 2. The summed E-state index contributed by atoms with van der Waals surface area (Å²) in [5.41, 5.74) is -0.186. The molecule has 4 aliphatic rings. The third-order valence-electron chi connectivity index (χ3n) is 8.57. The Morgan fingerprint density at radius 3 is 2.83 bits per heavy atom. The molecule has 1 aromatic heterocycles. The molecule has 3 fully saturated rings. The van der Waals surface area contributed by atoms with Crippen LogP contribution < -0.4 is 5.32 Å². The van der Waals surface area contributed by atoms with E-state index < -0.39 is 17.2 Å². The van der Waals surface area contributed by atoms with Crippen molar-refractivity contribution in [3.05, 3.63) is 29.1 Å². The van der Waals surface area contributed by atoms with Gasteiger partial charge in [-0.3, -0.25) is 9.78 Å². The Bertz CT molecular complexity index is 945. The van der Waals surface area contributed by atoms with Crippen LogP contribution in [0.1, 0.15) is 48.9 Å². The van der Waals surface area contributed by atoms with Gasteiger partial charge in [-0.15, -0.1) is 0 Å². The van der Waals surface area contributed by atoms with Gasteiger partial charge in [0.05, 0.1) is 29.8 Å². The fraction of sp³-hybridized carbons (Fsp3) is 0.760. The number of alkyl halides is 3. The van der Waals surface area contributed by atoms with Crippen molar-refractivity contribution >= 4 is 5.91 Å². The van der Waals surface area contributed by atoms with Gasteiger partial charge in [0, 0.05) is 64.3 Å². The lowest BCUT2D eigenvalue weighted by Crippen LogP contribution is -2.51. The number of carbonyl (C=O) groups excluding carboxylic acids is 1. The number of carbonyl (C=O) groups is 1. The minimum Gasteiger partial charge on any atom is -0.381 e. The molecule has 0 bridgehead atoms. The molecule has 3 heterocycles. The molecule has 2 aliphatic heterocycles. The largest absolute Gasteiger partial charge is 0.417 e. The highest BCUT2D eigenvalue weighted by atomic mass is 19.4. The van der Waals surface area contributed by atoms with Crippen molar-refractivity contribution in [2.45, 2.75) is 75.5 Å². The molecule has 1 aromatic rings. The summed E-state index contributed by atoms with van der Waals surface area (Å²) in [7, 11) is 3.38. The van der Waals surface area contributed by atoms with E-state index in [0.717, 1.165) is 31.5 Å². The molecule has 6 atom stereocenters. The topological polar surface area (TPSA) is 72.9 Å². The first-order valence-electron chi connectivity index (χ1n) is 12.5. The van der Waals surface area contributed by atoms with Crippen LogP contribution in [-0.2, 0) is 38.1 Å². The number of hydrogen-bond acceptors (Lipinski definition) is 6. The van der Waals surface area contributed by atoms with Gasteiger partial charge in [0.15, 0.2) is 0 Å². The van der Waals surface area contributed by atoms with E-state index in [0.29, 0.717) is 50.3 Å². The van der Waals surface area contributed by atoms with Gasteiger partial charge in [0.1, 0.15) is 0 Å². The maximum absolute atomic E-state index is 14.1. The van der Waals surface area contributed by atoms with Crippen LogP contribution in [0.2, 0.25) is 0 Å².